The molecule has 0 radical (unpaired) electrons. The first-order valence-electron chi connectivity index (χ1n) is 6.69. The van der Waals surface area contributed by atoms with Crippen molar-refractivity contribution in [1.29, 1.82) is 0 Å². The number of nitrogens with one attached hydrogen (secondary N) is 1. The largest absolute Gasteiger partial charge is 0.484 e. The molecule has 0 aromatic heterocycles. The Hall–Kier alpha value is -2.60. The normalized spacial score (nSPS) is 11.6. The minimum absolute atomic E-state index is 0.109. The van der Waals surface area contributed by atoms with Crippen molar-refractivity contribution in [1.82, 2.24) is 5.32 Å². The van der Waals surface area contributed by atoms with Gasteiger partial charge in [-0.15, -0.1) is 0 Å². The van der Waals surface area contributed by atoms with E-state index < -0.39 is 23.7 Å². The van der Waals surface area contributed by atoms with Crippen LogP contribution in [0.4, 0.5) is 4.39 Å². The van der Waals surface area contributed by atoms with Crippen LogP contribution in [0.15, 0.2) is 48.5 Å². The topological polar surface area (TPSA) is 81.4 Å². The summed E-state index contributed by atoms with van der Waals surface area (Å²) in [5.74, 6) is -1.57. The van der Waals surface area contributed by atoms with Crippen molar-refractivity contribution in [3.8, 4) is 5.75 Å². The Labute approximate surface area is 137 Å². The second-order valence-electron chi connectivity index (χ2n) is 4.68. The highest BCUT2D eigenvalue weighted by Crippen LogP contribution is 2.21. The first kappa shape index (κ1) is 16.8. The van der Waals surface area contributed by atoms with Crippen LogP contribution in [0, 0.1) is 5.82 Å². The molecule has 5 nitrogen and oxygen atoms in total. The Morgan fingerprint density at radius 3 is 2.52 bits per heavy atom. The van der Waals surface area contributed by atoms with Crippen LogP contribution in [0.5, 0.6) is 5.75 Å². The lowest BCUT2D eigenvalue weighted by atomic mass is 10.1. The van der Waals surface area contributed by atoms with E-state index in [9.17, 15) is 14.0 Å². The summed E-state index contributed by atoms with van der Waals surface area (Å²) in [6.45, 7) is -0.363. The number of halogens is 2. The average Bonchev–Trinajstić information content (AvgIpc) is 2.54. The number of carbonyl (C=O) groups is 2. The minimum atomic E-state index is -0.955. The Morgan fingerprint density at radius 2 is 1.91 bits per heavy atom. The average molecular weight is 337 g/mol. The SMILES string of the molecule is NC(=O)[C@@H](NC(=O)COc1ccc(F)c(Cl)c1)c1ccccc1. The highest BCUT2D eigenvalue weighted by molar-refractivity contribution is 6.30. The molecule has 7 heteroatoms. The van der Waals surface area contributed by atoms with E-state index in [1.165, 1.54) is 12.1 Å². The number of amides is 2. The number of hydrogen-bond donors (Lipinski definition) is 2. The minimum Gasteiger partial charge on any atom is -0.484 e. The van der Waals surface area contributed by atoms with Crippen molar-refractivity contribution < 1.29 is 18.7 Å². The van der Waals surface area contributed by atoms with Gasteiger partial charge < -0.3 is 15.8 Å². The third-order valence-electron chi connectivity index (χ3n) is 2.98. The molecule has 120 valence electrons. The molecule has 0 unspecified atom stereocenters. The van der Waals surface area contributed by atoms with E-state index >= 15 is 0 Å². The fraction of sp³-hybridized carbons (Fsp3) is 0.125. The summed E-state index contributed by atoms with van der Waals surface area (Å²) in [6, 6.07) is 11.4. The van der Waals surface area contributed by atoms with Gasteiger partial charge in [-0.25, -0.2) is 4.39 Å². The van der Waals surface area contributed by atoms with Gasteiger partial charge in [0.1, 0.15) is 17.6 Å². The van der Waals surface area contributed by atoms with E-state index in [2.05, 4.69) is 5.32 Å². The Bertz CT molecular complexity index is 710. The van der Waals surface area contributed by atoms with Crippen LogP contribution in [-0.4, -0.2) is 18.4 Å². The number of rotatable bonds is 6. The predicted molar refractivity (Wildman–Crippen MR) is 83.4 cm³/mol. The zero-order valence-corrected chi connectivity index (χ0v) is 12.7. The molecule has 1 atom stereocenters. The zero-order chi connectivity index (χ0) is 16.8. The number of carbonyl (C=O) groups excluding carboxylic acids is 2. The molecular formula is C16H14ClFN2O3. The lowest BCUT2D eigenvalue weighted by Crippen LogP contribution is -2.39. The molecule has 0 aliphatic heterocycles. The van der Waals surface area contributed by atoms with Crippen molar-refractivity contribution in [3.05, 3.63) is 64.9 Å². The first-order chi connectivity index (χ1) is 11.0. The van der Waals surface area contributed by atoms with Gasteiger partial charge in [-0.05, 0) is 17.7 Å². The maximum atomic E-state index is 13.0. The first-order valence-corrected chi connectivity index (χ1v) is 7.06. The lowest BCUT2D eigenvalue weighted by molar-refractivity contribution is -0.128. The van der Waals surface area contributed by atoms with Gasteiger partial charge in [0, 0.05) is 6.07 Å². The summed E-state index contributed by atoms with van der Waals surface area (Å²) in [5.41, 5.74) is 5.87. The smallest absolute Gasteiger partial charge is 0.258 e. The van der Waals surface area contributed by atoms with Crippen LogP contribution < -0.4 is 15.8 Å². The number of hydrogen-bond acceptors (Lipinski definition) is 3. The van der Waals surface area contributed by atoms with Crippen LogP contribution in [0.25, 0.3) is 0 Å². The second-order valence-corrected chi connectivity index (χ2v) is 5.09. The molecule has 0 saturated heterocycles. The maximum Gasteiger partial charge on any atom is 0.258 e. The molecule has 0 fully saturated rings. The molecular weight excluding hydrogens is 323 g/mol. The van der Waals surface area contributed by atoms with Crippen molar-refractivity contribution >= 4 is 23.4 Å². The third kappa shape index (κ3) is 4.69. The molecule has 2 amide bonds. The van der Waals surface area contributed by atoms with Crippen molar-refractivity contribution in [2.24, 2.45) is 5.73 Å². The molecule has 0 saturated carbocycles. The molecule has 0 spiro atoms. The van der Waals surface area contributed by atoms with Crippen molar-refractivity contribution in [3.63, 3.8) is 0 Å². The van der Waals surface area contributed by atoms with E-state index in [0.29, 0.717) is 5.56 Å². The van der Waals surface area contributed by atoms with Crippen LogP contribution in [-0.2, 0) is 9.59 Å². The summed E-state index contributed by atoms with van der Waals surface area (Å²) < 4.78 is 18.2. The molecule has 23 heavy (non-hydrogen) atoms. The predicted octanol–water partition coefficient (Wildman–Crippen LogP) is 2.20. The standard InChI is InChI=1S/C16H14ClFN2O3/c17-12-8-11(6-7-13(12)18)23-9-14(21)20-15(16(19)22)10-4-2-1-3-5-10/h1-8,15H,9H2,(H2,19,22)(H,20,21)/t15-/m0/s1. The number of primary amides is 1. The number of benzene rings is 2. The van der Waals surface area contributed by atoms with E-state index in [1.54, 1.807) is 30.3 Å². The van der Waals surface area contributed by atoms with E-state index in [-0.39, 0.29) is 17.4 Å². The molecule has 2 aromatic carbocycles. The van der Waals surface area contributed by atoms with Gasteiger partial charge in [0.25, 0.3) is 5.91 Å². The molecule has 3 N–H and O–H groups in total. The van der Waals surface area contributed by atoms with Crippen LogP contribution in [0.3, 0.4) is 0 Å². The van der Waals surface area contributed by atoms with Gasteiger partial charge in [-0.1, -0.05) is 41.9 Å². The van der Waals surface area contributed by atoms with Gasteiger partial charge in [-0.3, -0.25) is 9.59 Å². The summed E-state index contributed by atoms with van der Waals surface area (Å²) in [5, 5.41) is 2.37. The maximum absolute atomic E-state index is 13.0. The Morgan fingerprint density at radius 1 is 1.22 bits per heavy atom. The second kappa shape index (κ2) is 7.60. The number of ether oxygens (including phenoxy) is 1. The summed E-state index contributed by atoms with van der Waals surface area (Å²) in [4.78, 5) is 23.4. The van der Waals surface area contributed by atoms with Crippen molar-refractivity contribution in [2.75, 3.05) is 6.61 Å². The molecule has 0 heterocycles. The van der Waals surface area contributed by atoms with Gasteiger partial charge >= 0.3 is 0 Å². The highest BCUT2D eigenvalue weighted by atomic mass is 35.5. The summed E-state index contributed by atoms with van der Waals surface area (Å²) in [7, 11) is 0. The monoisotopic (exact) mass is 336 g/mol. The lowest BCUT2D eigenvalue weighted by Gasteiger charge is -2.16. The van der Waals surface area contributed by atoms with E-state index in [1.807, 2.05) is 0 Å². The molecule has 2 rings (SSSR count). The van der Waals surface area contributed by atoms with Gasteiger partial charge in [-0.2, -0.15) is 0 Å². The Kier molecular flexibility index (Phi) is 5.54. The van der Waals surface area contributed by atoms with E-state index in [4.69, 9.17) is 22.1 Å². The molecule has 0 bridgehead atoms. The van der Waals surface area contributed by atoms with Crippen LogP contribution in [0.2, 0.25) is 5.02 Å². The summed E-state index contributed by atoms with van der Waals surface area (Å²) >= 11 is 5.62. The Balaban J connectivity index is 1.97. The highest BCUT2D eigenvalue weighted by Gasteiger charge is 2.20. The van der Waals surface area contributed by atoms with Crippen molar-refractivity contribution in [2.45, 2.75) is 6.04 Å². The zero-order valence-electron chi connectivity index (χ0n) is 12.0. The van der Waals surface area contributed by atoms with Gasteiger partial charge in [0.15, 0.2) is 6.61 Å². The van der Waals surface area contributed by atoms with Gasteiger partial charge in [0.2, 0.25) is 5.91 Å². The fourth-order valence-electron chi connectivity index (χ4n) is 1.88. The molecule has 2 aromatic rings. The number of nitrogens with two attached hydrogens (primary N) is 1. The van der Waals surface area contributed by atoms with Gasteiger partial charge in [0.05, 0.1) is 5.02 Å². The molecule has 0 aliphatic rings. The fourth-order valence-corrected chi connectivity index (χ4v) is 2.05. The van der Waals surface area contributed by atoms with E-state index in [0.717, 1.165) is 6.07 Å². The summed E-state index contributed by atoms with van der Waals surface area (Å²) in [6.07, 6.45) is 0. The quantitative estimate of drug-likeness (QED) is 0.848. The van der Waals surface area contributed by atoms with Crippen LogP contribution in [0.1, 0.15) is 11.6 Å². The molecule has 0 aliphatic carbocycles. The third-order valence-corrected chi connectivity index (χ3v) is 3.27. The van der Waals surface area contributed by atoms with Crippen LogP contribution >= 0.6 is 11.6 Å².